The summed E-state index contributed by atoms with van der Waals surface area (Å²) >= 11 is 0. The number of nitrogens with zero attached hydrogens (tertiary/aromatic N) is 1. The fourth-order valence-electron chi connectivity index (χ4n) is 4.01. The number of hydrogen-bond donors (Lipinski definition) is 0. The van der Waals surface area contributed by atoms with Crippen LogP contribution in [0.1, 0.15) is 51.4 Å². The standard InChI is InChI=1S/C15H28NO2/c1-16(10-6-3-7-11-16)12-14-13-17-15(18-14)8-4-2-5-9-15/h14H,2-13H2,1H3/q+1/t14-/m1/s1. The number of quaternary nitrogens is 1. The molecule has 0 aromatic heterocycles. The van der Waals surface area contributed by atoms with Gasteiger partial charge < -0.3 is 14.0 Å². The quantitative estimate of drug-likeness (QED) is 0.705. The van der Waals surface area contributed by atoms with Gasteiger partial charge in [0.1, 0.15) is 12.6 Å². The Kier molecular flexibility index (Phi) is 3.65. The maximum Gasteiger partial charge on any atom is 0.169 e. The fraction of sp³-hybridized carbons (Fsp3) is 1.00. The Balaban J connectivity index is 1.55. The van der Waals surface area contributed by atoms with E-state index in [1.54, 1.807) is 0 Å². The molecule has 2 saturated heterocycles. The van der Waals surface area contributed by atoms with Crippen LogP contribution in [0.2, 0.25) is 0 Å². The molecule has 0 N–H and O–H groups in total. The molecule has 3 aliphatic rings. The summed E-state index contributed by atoms with van der Waals surface area (Å²) in [5.74, 6) is -0.183. The number of rotatable bonds is 2. The largest absolute Gasteiger partial charge is 0.347 e. The van der Waals surface area contributed by atoms with Crippen LogP contribution in [-0.4, -0.2) is 49.7 Å². The van der Waals surface area contributed by atoms with Gasteiger partial charge in [-0.1, -0.05) is 6.42 Å². The number of ether oxygens (including phenoxy) is 2. The van der Waals surface area contributed by atoms with Crippen LogP contribution >= 0.6 is 0 Å². The van der Waals surface area contributed by atoms with Crippen LogP contribution in [0.15, 0.2) is 0 Å². The lowest BCUT2D eigenvalue weighted by atomic mass is 9.94. The molecule has 3 nitrogen and oxygen atoms in total. The van der Waals surface area contributed by atoms with Gasteiger partial charge in [-0.15, -0.1) is 0 Å². The molecule has 1 atom stereocenters. The molecule has 0 bridgehead atoms. The highest BCUT2D eigenvalue weighted by Crippen LogP contribution is 2.38. The van der Waals surface area contributed by atoms with Crippen LogP contribution in [-0.2, 0) is 9.47 Å². The zero-order valence-electron chi connectivity index (χ0n) is 11.8. The molecular formula is C15H28NO2+. The van der Waals surface area contributed by atoms with Gasteiger partial charge in [0.2, 0.25) is 0 Å². The molecule has 3 fully saturated rings. The maximum atomic E-state index is 6.32. The second kappa shape index (κ2) is 5.10. The predicted octanol–water partition coefficient (Wildman–Crippen LogP) is 2.69. The maximum absolute atomic E-state index is 6.32. The van der Waals surface area contributed by atoms with Crippen LogP contribution in [0.5, 0.6) is 0 Å². The number of piperidine rings is 1. The number of likely N-dealkylation sites (tertiary alicyclic amines) is 1. The first-order valence-electron chi connectivity index (χ1n) is 7.85. The Morgan fingerprint density at radius 1 is 1.00 bits per heavy atom. The van der Waals surface area contributed by atoms with Crippen molar-refractivity contribution >= 4 is 0 Å². The summed E-state index contributed by atoms with van der Waals surface area (Å²) in [6, 6.07) is 0. The van der Waals surface area contributed by atoms with Crippen molar-refractivity contribution in [1.82, 2.24) is 0 Å². The number of hydrogen-bond acceptors (Lipinski definition) is 2. The first-order valence-corrected chi connectivity index (χ1v) is 7.85. The minimum atomic E-state index is -0.183. The summed E-state index contributed by atoms with van der Waals surface area (Å²) < 4.78 is 13.6. The van der Waals surface area contributed by atoms with E-state index in [0.29, 0.717) is 6.10 Å². The summed E-state index contributed by atoms with van der Waals surface area (Å²) in [4.78, 5) is 0. The van der Waals surface area contributed by atoms with E-state index in [9.17, 15) is 0 Å². The molecule has 2 aliphatic heterocycles. The van der Waals surface area contributed by atoms with Crippen LogP contribution in [0.3, 0.4) is 0 Å². The molecule has 3 heteroatoms. The van der Waals surface area contributed by atoms with Crippen molar-refractivity contribution < 1.29 is 14.0 Å². The molecule has 0 aromatic rings. The van der Waals surface area contributed by atoms with Crippen molar-refractivity contribution in [2.75, 3.05) is 33.3 Å². The minimum Gasteiger partial charge on any atom is -0.347 e. The molecule has 0 aromatic carbocycles. The lowest BCUT2D eigenvalue weighted by molar-refractivity contribution is -0.916. The van der Waals surface area contributed by atoms with E-state index in [1.165, 1.54) is 56.1 Å². The fourth-order valence-corrected chi connectivity index (χ4v) is 4.01. The van der Waals surface area contributed by atoms with Gasteiger partial charge in [0.15, 0.2) is 5.79 Å². The topological polar surface area (TPSA) is 18.5 Å². The zero-order chi connectivity index (χ0) is 12.5. The third-order valence-corrected chi connectivity index (χ3v) is 5.07. The van der Waals surface area contributed by atoms with Crippen molar-refractivity contribution in [3.8, 4) is 0 Å². The van der Waals surface area contributed by atoms with E-state index in [0.717, 1.165) is 26.0 Å². The van der Waals surface area contributed by atoms with Crippen molar-refractivity contribution in [1.29, 1.82) is 0 Å². The molecule has 2 heterocycles. The van der Waals surface area contributed by atoms with Gasteiger partial charge in [-0.2, -0.15) is 0 Å². The summed E-state index contributed by atoms with van der Waals surface area (Å²) in [6.07, 6.45) is 10.7. The minimum absolute atomic E-state index is 0.183. The normalized spacial score (nSPS) is 34.8. The van der Waals surface area contributed by atoms with Gasteiger partial charge in [0, 0.05) is 12.8 Å². The average molecular weight is 254 g/mol. The molecule has 0 amide bonds. The monoisotopic (exact) mass is 254 g/mol. The van der Waals surface area contributed by atoms with Gasteiger partial charge in [0.05, 0.1) is 26.7 Å². The third kappa shape index (κ3) is 2.73. The summed E-state index contributed by atoms with van der Waals surface area (Å²) in [5.41, 5.74) is 0. The van der Waals surface area contributed by atoms with E-state index in [1.807, 2.05) is 0 Å². The van der Waals surface area contributed by atoms with Crippen molar-refractivity contribution in [2.45, 2.75) is 63.3 Å². The lowest BCUT2D eigenvalue weighted by Crippen LogP contribution is -2.52. The molecule has 1 aliphatic carbocycles. The second-order valence-electron chi connectivity index (χ2n) is 6.83. The molecule has 18 heavy (non-hydrogen) atoms. The van der Waals surface area contributed by atoms with Gasteiger partial charge >= 0.3 is 0 Å². The Morgan fingerprint density at radius 2 is 1.67 bits per heavy atom. The van der Waals surface area contributed by atoms with Gasteiger partial charge in [0.25, 0.3) is 0 Å². The molecule has 0 radical (unpaired) electrons. The Hall–Kier alpha value is -0.120. The highest BCUT2D eigenvalue weighted by atomic mass is 16.7. The van der Waals surface area contributed by atoms with Gasteiger partial charge in [-0.3, -0.25) is 0 Å². The molecule has 104 valence electrons. The Labute approximate surface area is 111 Å². The molecule has 0 unspecified atom stereocenters. The van der Waals surface area contributed by atoms with Gasteiger partial charge in [-0.05, 0) is 32.1 Å². The Morgan fingerprint density at radius 3 is 2.39 bits per heavy atom. The summed E-state index contributed by atoms with van der Waals surface area (Å²) in [7, 11) is 2.40. The van der Waals surface area contributed by atoms with E-state index in [2.05, 4.69) is 7.05 Å². The van der Waals surface area contributed by atoms with Crippen LogP contribution in [0.25, 0.3) is 0 Å². The van der Waals surface area contributed by atoms with E-state index in [4.69, 9.17) is 9.47 Å². The number of likely N-dealkylation sites (N-methyl/N-ethyl adjacent to an activating group) is 1. The molecule has 1 spiro atoms. The lowest BCUT2D eigenvalue weighted by Gasteiger charge is -2.39. The second-order valence-corrected chi connectivity index (χ2v) is 6.83. The molecular weight excluding hydrogens is 226 g/mol. The van der Waals surface area contributed by atoms with Crippen LogP contribution in [0.4, 0.5) is 0 Å². The summed E-state index contributed by atoms with van der Waals surface area (Å²) in [6.45, 7) is 4.63. The Bertz CT molecular complexity index is 280. The van der Waals surface area contributed by atoms with Crippen molar-refractivity contribution in [3.63, 3.8) is 0 Å². The molecule has 3 rings (SSSR count). The first-order chi connectivity index (χ1) is 8.70. The van der Waals surface area contributed by atoms with E-state index >= 15 is 0 Å². The predicted molar refractivity (Wildman–Crippen MR) is 71.3 cm³/mol. The van der Waals surface area contributed by atoms with Crippen LogP contribution < -0.4 is 0 Å². The smallest absolute Gasteiger partial charge is 0.169 e. The average Bonchev–Trinajstić information content (AvgIpc) is 2.73. The van der Waals surface area contributed by atoms with E-state index in [-0.39, 0.29) is 5.79 Å². The molecule has 1 saturated carbocycles. The first kappa shape index (κ1) is 12.9. The van der Waals surface area contributed by atoms with Crippen molar-refractivity contribution in [3.05, 3.63) is 0 Å². The van der Waals surface area contributed by atoms with Crippen LogP contribution in [0, 0.1) is 0 Å². The highest BCUT2D eigenvalue weighted by molar-refractivity contribution is 4.82. The highest BCUT2D eigenvalue weighted by Gasteiger charge is 2.44. The van der Waals surface area contributed by atoms with Gasteiger partial charge in [-0.25, -0.2) is 0 Å². The van der Waals surface area contributed by atoms with Crippen molar-refractivity contribution in [2.24, 2.45) is 0 Å². The van der Waals surface area contributed by atoms with E-state index < -0.39 is 0 Å². The SMILES string of the molecule is C[N+]1(C[C@@H]2COC3(CCCCC3)O2)CCCCC1. The zero-order valence-corrected chi connectivity index (χ0v) is 11.8. The summed E-state index contributed by atoms with van der Waals surface area (Å²) in [5, 5.41) is 0. The third-order valence-electron chi connectivity index (χ3n) is 5.07.